The number of methoxy groups -OCH3 is 1. The molecule has 1 rings (SSSR count). The van der Waals surface area contributed by atoms with Crippen molar-refractivity contribution in [2.45, 2.75) is 13.8 Å². The van der Waals surface area contributed by atoms with E-state index in [2.05, 4.69) is 10.1 Å². The molecule has 5 nitrogen and oxygen atoms in total. The Balaban J connectivity index is 2.58. The molecule has 1 amide bonds. The van der Waals surface area contributed by atoms with E-state index in [1.165, 1.54) is 14.0 Å². The molecule has 1 N–H and O–H groups in total. The van der Waals surface area contributed by atoms with Gasteiger partial charge < -0.3 is 14.8 Å². The molecule has 0 aliphatic heterocycles. The number of hydrogen-bond acceptors (Lipinski definition) is 4. The van der Waals surface area contributed by atoms with Crippen LogP contribution in [-0.4, -0.2) is 25.6 Å². The first-order valence-electron chi connectivity index (χ1n) is 5.78. The first kappa shape index (κ1) is 14.8. The Morgan fingerprint density at radius 1 is 1.32 bits per heavy atom. The lowest BCUT2D eigenvalue weighted by molar-refractivity contribution is -0.136. The summed E-state index contributed by atoms with van der Waals surface area (Å²) in [6.45, 7) is 3.35. The molecule has 0 bridgehead atoms. The van der Waals surface area contributed by atoms with Crippen LogP contribution in [0.1, 0.15) is 13.8 Å². The van der Waals surface area contributed by atoms with E-state index in [0.717, 1.165) is 0 Å². The zero-order valence-electron chi connectivity index (χ0n) is 11.2. The summed E-state index contributed by atoms with van der Waals surface area (Å²) in [6, 6.07) is 7.02. The average Bonchev–Trinajstić information content (AvgIpc) is 2.37. The number of amides is 1. The fourth-order valence-corrected chi connectivity index (χ4v) is 1.37. The normalized spacial score (nSPS) is 10.8. The lowest BCUT2D eigenvalue weighted by atomic mass is 10.3. The Hall–Kier alpha value is -2.30. The second-order valence-electron chi connectivity index (χ2n) is 3.90. The lowest BCUT2D eigenvalue weighted by Crippen LogP contribution is -2.06. The van der Waals surface area contributed by atoms with Crippen molar-refractivity contribution in [3.63, 3.8) is 0 Å². The van der Waals surface area contributed by atoms with Gasteiger partial charge in [0.25, 0.3) is 0 Å². The van der Waals surface area contributed by atoms with E-state index in [1.54, 1.807) is 37.3 Å². The van der Waals surface area contributed by atoms with Gasteiger partial charge in [0.1, 0.15) is 12.4 Å². The van der Waals surface area contributed by atoms with E-state index in [0.29, 0.717) is 17.0 Å². The summed E-state index contributed by atoms with van der Waals surface area (Å²) in [5.74, 6) is 0.0920. The minimum atomic E-state index is -0.379. The van der Waals surface area contributed by atoms with Crippen molar-refractivity contribution in [2.24, 2.45) is 0 Å². The van der Waals surface area contributed by atoms with Crippen molar-refractivity contribution in [1.82, 2.24) is 0 Å². The van der Waals surface area contributed by atoms with Crippen LogP contribution in [0.5, 0.6) is 5.75 Å². The van der Waals surface area contributed by atoms with Gasteiger partial charge in [0.15, 0.2) is 0 Å². The number of anilines is 1. The molecule has 102 valence electrons. The zero-order valence-corrected chi connectivity index (χ0v) is 11.2. The molecule has 5 heteroatoms. The molecular weight excluding hydrogens is 246 g/mol. The maximum Gasteiger partial charge on any atom is 0.333 e. The lowest BCUT2D eigenvalue weighted by Gasteiger charge is -2.07. The van der Waals surface area contributed by atoms with Crippen molar-refractivity contribution in [3.8, 4) is 5.75 Å². The first-order valence-corrected chi connectivity index (χ1v) is 5.78. The van der Waals surface area contributed by atoms with Gasteiger partial charge in [0.2, 0.25) is 5.91 Å². The van der Waals surface area contributed by atoms with Crippen LogP contribution >= 0.6 is 0 Å². The summed E-state index contributed by atoms with van der Waals surface area (Å²) in [7, 11) is 1.33. The molecule has 0 spiro atoms. The van der Waals surface area contributed by atoms with E-state index >= 15 is 0 Å². The number of carbonyl (C=O) groups is 2. The number of nitrogens with one attached hydrogen (secondary N) is 1. The minimum Gasteiger partial charge on any atom is -0.489 e. The molecule has 0 unspecified atom stereocenters. The van der Waals surface area contributed by atoms with E-state index < -0.39 is 0 Å². The molecule has 0 aliphatic rings. The Bertz CT molecular complexity index is 494. The molecule has 0 aromatic heterocycles. The van der Waals surface area contributed by atoms with Crippen LogP contribution in [0.25, 0.3) is 0 Å². The number of hydrogen-bond donors (Lipinski definition) is 1. The number of benzene rings is 1. The number of esters is 1. The molecule has 0 atom stereocenters. The third-order valence-electron chi connectivity index (χ3n) is 2.30. The summed E-state index contributed by atoms with van der Waals surface area (Å²) in [4.78, 5) is 22.1. The van der Waals surface area contributed by atoms with Crippen molar-refractivity contribution < 1.29 is 19.1 Å². The number of carbonyl (C=O) groups excluding carboxylic acids is 2. The van der Waals surface area contributed by atoms with Crippen LogP contribution in [0.3, 0.4) is 0 Å². The van der Waals surface area contributed by atoms with Crippen LogP contribution in [0.4, 0.5) is 5.69 Å². The summed E-state index contributed by atoms with van der Waals surface area (Å²) in [6.07, 6.45) is 1.64. The van der Waals surface area contributed by atoms with Crippen LogP contribution in [0.15, 0.2) is 35.9 Å². The second-order valence-corrected chi connectivity index (χ2v) is 3.90. The summed E-state index contributed by atoms with van der Waals surface area (Å²) in [5.41, 5.74) is 1.15. The van der Waals surface area contributed by atoms with Crippen molar-refractivity contribution in [1.29, 1.82) is 0 Å². The van der Waals surface area contributed by atoms with Crippen LogP contribution < -0.4 is 10.1 Å². The minimum absolute atomic E-state index is 0.140. The monoisotopic (exact) mass is 263 g/mol. The summed E-state index contributed by atoms with van der Waals surface area (Å²) >= 11 is 0. The van der Waals surface area contributed by atoms with Crippen molar-refractivity contribution in [2.75, 3.05) is 19.0 Å². The Morgan fingerprint density at radius 2 is 2.05 bits per heavy atom. The molecule has 0 saturated heterocycles. The molecule has 1 aromatic rings. The molecule has 1 aromatic carbocycles. The van der Waals surface area contributed by atoms with E-state index in [1.807, 2.05) is 0 Å². The maximum absolute atomic E-state index is 11.1. The van der Waals surface area contributed by atoms with Gasteiger partial charge in [-0.1, -0.05) is 6.07 Å². The summed E-state index contributed by atoms with van der Waals surface area (Å²) < 4.78 is 10.0. The topological polar surface area (TPSA) is 64.6 Å². The van der Waals surface area contributed by atoms with Gasteiger partial charge in [-0.05, 0) is 25.1 Å². The zero-order chi connectivity index (χ0) is 14.3. The first-order chi connectivity index (χ1) is 9.02. The highest BCUT2D eigenvalue weighted by atomic mass is 16.5. The third kappa shape index (κ3) is 5.25. The molecule has 0 radical (unpaired) electrons. The highest BCUT2D eigenvalue weighted by Crippen LogP contribution is 2.17. The van der Waals surface area contributed by atoms with Crippen LogP contribution in [0, 0.1) is 0 Å². The Kier molecular flexibility index (Phi) is 5.60. The van der Waals surface area contributed by atoms with Gasteiger partial charge in [0, 0.05) is 24.3 Å². The van der Waals surface area contributed by atoms with Crippen LogP contribution in [-0.2, 0) is 14.3 Å². The average molecular weight is 263 g/mol. The second kappa shape index (κ2) is 7.20. The molecule has 19 heavy (non-hydrogen) atoms. The number of rotatable bonds is 5. The third-order valence-corrected chi connectivity index (χ3v) is 2.30. The fraction of sp³-hybridized carbons (Fsp3) is 0.286. The predicted molar refractivity (Wildman–Crippen MR) is 72.0 cm³/mol. The molecule has 0 aliphatic carbocycles. The van der Waals surface area contributed by atoms with Gasteiger partial charge in [-0.2, -0.15) is 0 Å². The van der Waals surface area contributed by atoms with Gasteiger partial charge in [0.05, 0.1) is 7.11 Å². The van der Waals surface area contributed by atoms with E-state index in [4.69, 9.17) is 4.74 Å². The molecule has 0 heterocycles. The van der Waals surface area contributed by atoms with E-state index in [-0.39, 0.29) is 18.5 Å². The highest BCUT2D eigenvalue weighted by molar-refractivity contribution is 5.89. The molecular formula is C14H17NO4. The number of ether oxygens (including phenoxy) is 2. The quantitative estimate of drug-likeness (QED) is 0.653. The highest BCUT2D eigenvalue weighted by Gasteiger charge is 2.02. The smallest absolute Gasteiger partial charge is 0.333 e. The standard InChI is InChI=1S/C14H17NO4/c1-10(14(17)18-3)7-8-19-13-6-4-5-12(9-13)15-11(2)16/h4-7,9H,8H2,1-3H3,(H,15,16). The van der Waals surface area contributed by atoms with Crippen LogP contribution in [0.2, 0.25) is 0 Å². The predicted octanol–water partition coefficient (Wildman–Crippen LogP) is 2.14. The van der Waals surface area contributed by atoms with Gasteiger partial charge in [-0.15, -0.1) is 0 Å². The summed E-state index contributed by atoms with van der Waals surface area (Å²) in [5, 5.41) is 2.66. The largest absolute Gasteiger partial charge is 0.489 e. The van der Waals surface area contributed by atoms with E-state index in [9.17, 15) is 9.59 Å². The van der Waals surface area contributed by atoms with Crippen molar-refractivity contribution >= 4 is 17.6 Å². The molecule has 0 saturated carbocycles. The fourth-order valence-electron chi connectivity index (χ4n) is 1.37. The Morgan fingerprint density at radius 3 is 2.68 bits per heavy atom. The van der Waals surface area contributed by atoms with Gasteiger partial charge >= 0.3 is 5.97 Å². The van der Waals surface area contributed by atoms with Gasteiger partial charge in [-0.25, -0.2) is 4.79 Å². The maximum atomic E-state index is 11.1. The van der Waals surface area contributed by atoms with Crippen molar-refractivity contribution in [3.05, 3.63) is 35.9 Å². The SMILES string of the molecule is COC(=O)C(C)=CCOc1cccc(NC(C)=O)c1. The Labute approximate surface area is 112 Å². The van der Waals surface area contributed by atoms with Gasteiger partial charge in [-0.3, -0.25) is 4.79 Å². The molecule has 0 fully saturated rings.